The zero-order valence-electron chi connectivity index (χ0n) is 26.9. The lowest BCUT2D eigenvalue weighted by Crippen LogP contribution is -2.54. The molecule has 0 aliphatic rings. The van der Waals surface area contributed by atoms with Gasteiger partial charge in [-0.25, -0.2) is 8.42 Å². The Morgan fingerprint density at radius 1 is 0.804 bits per heavy atom. The highest BCUT2D eigenvalue weighted by molar-refractivity contribution is 7.92. The van der Waals surface area contributed by atoms with Crippen LogP contribution in [0.4, 0.5) is 5.69 Å². The van der Waals surface area contributed by atoms with Gasteiger partial charge in [-0.3, -0.25) is 13.9 Å². The third kappa shape index (κ3) is 8.75. The summed E-state index contributed by atoms with van der Waals surface area (Å²) in [6.45, 7) is 5.47. The van der Waals surface area contributed by atoms with Crippen LogP contribution >= 0.6 is 0 Å². The molecule has 0 aromatic heterocycles. The quantitative estimate of drug-likeness (QED) is 0.172. The Hall–Kier alpha value is -4.63. The van der Waals surface area contributed by atoms with E-state index in [1.165, 1.54) is 17.0 Å². The molecule has 0 aliphatic carbocycles. The second kappa shape index (κ2) is 16.1. The summed E-state index contributed by atoms with van der Waals surface area (Å²) in [5, 5.41) is 3.06. The van der Waals surface area contributed by atoms with Gasteiger partial charge in [-0.2, -0.15) is 0 Å². The van der Waals surface area contributed by atoms with E-state index in [2.05, 4.69) is 5.32 Å². The summed E-state index contributed by atoms with van der Waals surface area (Å²) >= 11 is 0. The Morgan fingerprint density at radius 3 is 2.04 bits per heavy atom. The van der Waals surface area contributed by atoms with Crippen LogP contribution < -0.4 is 14.4 Å². The SMILES string of the molecule is CCc1ccc(N(CC(=O)N(Cc2cccc(OC)c2)[C@H](Cc2ccccc2)C(=O)N[C@@H](C)CC)S(=O)(=O)c2ccccc2)cc1. The van der Waals surface area contributed by atoms with E-state index in [1.54, 1.807) is 43.5 Å². The molecule has 2 atom stereocenters. The molecule has 4 rings (SSSR count). The molecule has 4 aromatic rings. The van der Waals surface area contributed by atoms with Gasteiger partial charge in [-0.1, -0.05) is 86.6 Å². The van der Waals surface area contributed by atoms with E-state index >= 15 is 0 Å². The van der Waals surface area contributed by atoms with Crippen molar-refractivity contribution in [2.75, 3.05) is 18.0 Å². The van der Waals surface area contributed by atoms with Crippen LogP contribution in [0.15, 0.2) is 114 Å². The van der Waals surface area contributed by atoms with Crippen LogP contribution in [-0.2, 0) is 39.0 Å². The monoisotopic (exact) mass is 641 g/mol. The fraction of sp³-hybridized carbons (Fsp3) is 0.297. The van der Waals surface area contributed by atoms with Crippen LogP contribution in [0.25, 0.3) is 0 Å². The number of hydrogen-bond donors (Lipinski definition) is 1. The van der Waals surface area contributed by atoms with Crippen molar-refractivity contribution in [3.63, 3.8) is 0 Å². The number of sulfonamides is 1. The number of nitrogens with one attached hydrogen (secondary N) is 1. The molecule has 0 saturated carbocycles. The van der Waals surface area contributed by atoms with Crippen molar-refractivity contribution >= 4 is 27.5 Å². The Kier molecular flexibility index (Phi) is 12.0. The lowest BCUT2D eigenvalue weighted by molar-refractivity contribution is -0.140. The van der Waals surface area contributed by atoms with Crippen molar-refractivity contribution in [1.82, 2.24) is 10.2 Å². The number of methoxy groups -OCH3 is 1. The summed E-state index contributed by atoms with van der Waals surface area (Å²) in [7, 11) is -2.58. The second-order valence-electron chi connectivity index (χ2n) is 11.2. The summed E-state index contributed by atoms with van der Waals surface area (Å²) in [6.07, 6.45) is 1.74. The number of aryl methyl sites for hydroxylation is 1. The molecule has 0 aliphatic heterocycles. The van der Waals surface area contributed by atoms with E-state index in [9.17, 15) is 18.0 Å². The molecule has 4 aromatic carbocycles. The topological polar surface area (TPSA) is 96.0 Å². The minimum absolute atomic E-state index is 0.0649. The molecule has 46 heavy (non-hydrogen) atoms. The van der Waals surface area contributed by atoms with E-state index in [-0.39, 0.29) is 29.8 Å². The van der Waals surface area contributed by atoms with Gasteiger partial charge in [0.1, 0.15) is 18.3 Å². The van der Waals surface area contributed by atoms with Gasteiger partial charge in [0.2, 0.25) is 11.8 Å². The van der Waals surface area contributed by atoms with Crippen molar-refractivity contribution in [2.45, 2.75) is 63.6 Å². The van der Waals surface area contributed by atoms with Crippen LogP contribution in [0, 0.1) is 0 Å². The Balaban J connectivity index is 1.81. The molecule has 9 heteroatoms. The third-order valence-corrected chi connectivity index (χ3v) is 9.79. The first kappa shape index (κ1) is 34.2. The molecular weight excluding hydrogens is 598 g/mol. The van der Waals surface area contributed by atoms with Crippen molar-refractivity contribution in [3.05, 3.63) is 126 Å². The van der Waals surface area contributed by atoms with Gasteiger partial charge < -0.3 is 15.0 Å². The maximum atomic E-state index is 14.6. The minimum atomic E-state index is -4.15. The summed E-state index contributed by atoms with van der Waals surface area (Å²) in [6, 6.07) is 31.0. The van der Waals surface area contributed by atoms with Gasteiger partial charge in [0.15, 0.2) is 0 Å². The molecule has 0 unspecified atom stereocenters. The largest absolute Gasteiger partial charge is 0.497 e. The number of amides is 2. The summed E-state index contributed by atoms with van der Waals surface area (Å²) in [5.74, 6) is -0.209. The van der Waals surface area contributed by atoms with Gasteiger partial charge in [0, 0.05) is 19.0 Å². The van der Waals surface area contributed by atoms with Crippen molar-refractivity contribution in [2.24, 2.45) is 0 Å². The molecule has 0 bridgehead atoms. The number of ether oxygens (including phenoxy) is 1. The van der Waals surface area contributed by atoms with E-state index in [1.807, 2.05) is 81.4 Å². The van der Waals surface area contributed by atoms with Gasteiger partial charge >= 0.3 is 0 Å². The van der Waals surface area contributed by atoms with Gasteiger partial charge in [0.05, 0.1) is 17.7 Å². The van der Waals surface area contributed by atoms with E-state index in [0.717, 1.165) is 27.4 Å². The number of carbonyl (C=O) groups is 2. The molecule has 242 valence electrons. The number of hydrogen-bond acceptors (Lipinski definition) is 5. The van der Waals surface area contributed by atoms with Crippen molar-refractivity contribution < 1.29 is 22.7 Å². The first-order valence-corrected chi connectivity index (χ1v) is 17.0. The molecular formula is C37H43N3O5S. The lowest BCUT2D eigenvalue weighted by atomic mass is 10.0. The average molecular weight is 642 g/mol. The average Bonchev–Trinajstić information content (AvgIpc) is 3.09. The smallest absolute Gasteiger partial charge is 0.264 e. The zero-order chi connectivity index (χ0) is 33.1. The van der Waals surface area contributed by atoms with Crippen LogP contribution in [0.5, 0.6) is 5.75 Å². The van der Waals surface area contributed by atoms with E-state index in [0.29, 0.717) is 17.9 Å². The highest BCUT2D eigenvalue weighted by Crippen LogP contribution is 2.26. The molecule has 0 fully saturated rings. The van der Waals surface area contributed by atoms with E-state index in [4.69, 9.17) is 4.74 Å². The predicted octanol–water partition coefficient (Wildman–Crippen LogP) is 6.01. The van der Waals surface area contributed by atoms with Crippen molar-refractivity contribution in [1.29, 1.82) is 0 Å². The lowest BCUT2D eigenvalue weighted by Gasteiger charge is -2.34. The standard InChI is InChI=1S/C37H43N3O5S/c1-5-28(3)38-37(42)35(25-30-14-9-7-10-15-30)39(26-31-16-13-17-33(24-31)45-4)36(41)27-40(32-22-20-29(6-2)21-23-32)46(43,44)34-18-11-8-12-19-34/h7-24,28,35H,5-6,25-27H2,1-4H3,(H,38,42)/t28-,35+/m0/s1. The molecule has 0 spiro atoms. The first-order chi connectivity index (χ1) is 22.2. The highest BCUT2D eigenvalue weighted by Gasteiger charge is 2.35. The summed E-state index contributed by atoms with van der Waals surface area (Å²) in [4.78, 5) is 30.1. The Morgan fingerprint density at radius 2 is 1.43 bits per heavy atom. The maximum Gasteiger partial charge on any atom is 0.264 e. The van der Waals surface area contributed by atoms with Gasteiger partial charge in [-0.15, -0.1) is 0 Å². The van der Waals surface area contributed by atoms with Crippen LogP contribution in [-0.4, -0.2) is 50.9 Å². The third-order valence-electron chi connectivity index (χ3n) is 8.00. The Bertz CT molecular complexity index is 1680. The zero-order valence-corrected chi connectivity index (χ0v) is 27.7. The maximum absolute atomic E-state index is 14.6. The number of carbonyl (C=O) groups excluding carboxylic acids is 2. The fourth-order valence-electron chi connectivity index (χ4n) is 5.11. The number of nitrogens with zero attached hydrogens (tertiary/aromatic N) is 2. The summed E-state index contributed by atoms with van der Waals surface area (Å²) < 4.78 is 34.8. The van der Waals surface area contributed by atoms with Crippen LogP contribution in [0.2, 0.25) is 0 Å². The normalized spacial score (nSPS) is 12.5. The second-order valence-corrected chi connectivity index (χ2v) is 13.1. The van der Waals surface area contributed by atoms with Crippen LogP contribution in [0.1, 0.15) is 43.9 Å². The molecule has 1 N–H and O–H groups in total. The minimum Gasteiger partial charge on any atom is -0.497 e. The molecule has 2 amide bonds. The fourth-order valence-corrected chi connectivity index (χ4v) is 6.54. The van der Waals surface area contributed by atoms with Crippen LogP contribution in [0.3, 0.4) is 0 Å². The predicted molar refractivity (Wildman–Crippen MR) is 182 cm³/mol. The summed E-state index contributed by atoms with van der Waals surface area (Å²) in [5.41, 5.74) is 3.02. The number of benzene rings is 4. The molecule has 0 radical (unpaired) electrons. The molecule has 8 nitrogen and oxygen atoms in total. The Labute approximate surface area is 273 Å². The van der Waals surface area contributed by atoms with Crippen molar-refractivity contribution in [3.8, 4) is 5.75 Å². The molecule has 0 heterocycles. The number of rotatable bonds is 15. The number of anilines is 1. The van der Waals surface area contributed by atoms with Gasteiger partial charge in [0.25, 0.3) is 10.0 Å². The van der Waals surface area contributed by atoms with Gasteiger partial charge in [-0.05, 0) is 72.9 Å². The highest BCUT2D eigenvalue weighted by atomic mass is 32.2. The first-order valence-electron chi connectivity index (χ1n) is 15.6. The van der Waals surface area contributed by atoms with E-state index < -0.39 is 28.5 Å². The molecule has 0 saturated heterocycles.